The van der Waals surface area contributed by atoms with E-state index in [4.69, 9.17) is 5.73 Å². The van der Waals surface area contributed by atoms with Gasteiger partial charge >= 0.3 is 0 Å². The SMILES string of the molecule is CC1CCC(CN)(C(=O)NC2C=CS(=O)(=O)C2)CC1. The fourth-order valence-corrected chi connectivity index (χ4v) is 4.06. The molecule has 0 saturated heterocycles. The van der Waals surface area contributed by atoms with E-state index in [0.717, 1.165) is 25.7 Å². The molecule has 1 unspecified atom stereocenters. The van der Waals surface area contributed by atoms with Crippen LogP contribution in [0.5, 0.6) is 0 Å². The summed E-state index contributed by atoms with van der Waals surface area (Å²) in [6.45, 7) is 2.51. The van der Waals surface area contributed by atoms with Gasteiger partial charge in [-0.15, -0.1) is 0 Å². The van der Waals surface area contributed by atoms with Gasteiger partial charge in [0.15, 0.2) is 9.84 Å². The van der Waals surface area contributed by atoms with E-state index in [2.05, 4.69) is 12.2 Å². The minimum absolute atomic E-state index is 0.0320. The second-order valence-electron chi connectivity index (χ2n) is 5.90. The van der Waals surface area contributed by atoms with Crippen LogP contribution in [0.1, 0.15) is 32.6 Å². The molecule has 1 saturated carbocycles. The van der Waals surface area contributed by atoms with Gasteiger partial charge in [-0.3, -0.25) is 4.79 Å². The van der Waals surface area contributed by atoms with Gasteiger partial charge in [-0.05, 0) is 37.7 Å². The maximum absolute atomic E-state index is 12.4. The smallest absolute Gasteiger partial charge is 0.227 e. The quantitative estimate of drug-likeness (QED) is 0.793. The van der Waals surface area contributed by atoms with Crippen molar-refractivity contribution < 1.29 is 13.2 Å². The summed E-state index contributed by atoms with van der Waals surface area (Å²) in [4.78, 5) is 12.4. The number of hydrogen-bond acceptors (Lipinski definition) is 4. The number of nitrogens with two attached hydrogens (primary N) is 1. The maximum Gasteiger partial charge on any atom is 0.227 e. The van der Waals surface area contributed by atoms with Crippen LogP contribution in [-0.2, 0) is 14.6 Å². The lowest BCUT2D eigenvalue weighted by Crippen LogP contribution is -2.51. The maximum atomic E-state index is 12.4. The Hall–Kier alpha value is -0.880. The van der Waals surface area contributed by atoms with Crippen molar-refractivity contribution in [3.8, 4) is 0 Å². The van der Waals surface area contributed by atoms with Gasteiger partial charge in [0.05, 0.1) is 17.2 Å². The zero-order valence-corrected chi connectivity index (χ0v) is 12.1. The minimum Gasteiger partial charge on any atom is -0.348 e. The van der Waals surface area contributed by atoms with Crippen molar-refractivity contribution in [3.63, 3.8) is 0 Å². The monoisotopic (exact) mass is 286 g/mol. The molecule has 0 bridgehead atoms. The predicted molar refractivity (Wildman–Crippen MR) is 74.0 cm³/mol. The van der Waals surface area contributed by atoms with Crippen LogP contribution in [0.4, 0.5) is 0 Å². The topological polar surface area (TPSA) is 89.3 Å². The Morgan fingerprint density at radius 2 is 2.05 bits per heavy atom. The molecule has 19 heavy (non-hydrogen) atoms. The normalized spacial score (nSPS) is 37.2. The lowest BCUT2D eigenvalue weighted by Gasteiger charge is -2.37. The average molecular weight is 286 g/mol. The van der Waals surface area contributed by atoms with Crippen molar-refractivity contribution in [2.24, 2.45) is 17.1 Å². The van der Waals surface area contributed by atoms with E-state index < -0.39 is 21.3 Å². The molecule has 6 heteroatoms. The van der Waals surface area contributed by atoms with E-state index >= 15 is 0 Å². The zero-order valence-electron chi connectivity index (χ0n) is 11.3. The Bertz CT molecular complexity index is 476. The first-order valence-electron chi connectivity index (χ1n) is 6.79. The second-order valence-corrected chi connectivity index (χ2v) is 7.84. The Kier molecular flexibility index (Phi) is 4.01. The molecule has 0 aromatic rings. The van der Waals surface area contributed by atoms with Gasteiger partial charge in [-0.2, -0.15) is 0 Å². The number of rotatable bonds is 3. The van der Waals surface area contributed by atoms with Crippen molar-refractivity contribution in [1.29, 1.82) is 0 Å². The van der Waals surface area contributed by atoms with E-state index in [9.17, 15) is 13.2 Å². The highest BCUT2D eigenvalue weighted by Gasteiger charge is 2.40. The van der Waals surface area contributed by atoms with Crippen molar-refractivity contribution >= 4 is 15.7 Å². The zero-order chi connectivity index (χ0) is 14.1. The van der Waals surface area contributed by atoms with Crippen molar-refractivity contribution in [3.05, 3.63) is 11.5 Å². The summed E-state index contributed by atoms with van der Waals surface area (Å²) in [5.74, 6) is 0.517. The highest BCUT2D eigenvalue weighted by Crippen LogP contribution is 2.38. The minimum atomic E-state index is -3.13. The first-order chi connectivity index (χ1) is 8.87. The van der Waals surface area contributed by atoms with Gasteiger partial charge in [0.2, 0.25) is 5.91 Å². The standard InChI is InChI=1S/C13H22N2O3S/c1-10-2-5-13(9-14,6-3-10)12(16)15-11-4-7-19(17,18)8-11/h4,7,10-11H,2-3,5-6,8-9,14H2,1H3,(H,15,16). The molecule has 1 atom stereocenters. The summed E-state index contributed by atoms with van der Waals surface area (Å²) in [5.41, 5.74) is 5.31. The number of amides is 1. The second kappa shape index (κ2) is 5.25. The molecule has 1 amide bonds. The Labute approximate surface area is 114 Å². The van der Waals surface area contributed by atoms with Crippen LogP contribution in [0, 0.1) is 11.3 Å². The first kappa shape index (κ1) is 14.5. The van der Waals surface area contributed by atoms with Crippen LogP contribution in [0.3, 0.4) is 0 Å². The van der Waals surface area contributed by atoms with Crippen LogP contribution in [0.25, 0.3) is 0 Å². The fraction of sp³-hybridized carbons (Fsp3) is 0.769. The van der Waals surface area contributed by atoms with Gasteiger partial charge in [0.1, 0.15) is 0 Å². The van der Waals surface area contributed by atoms with Crippen molar-refractivity contribution in [2.75, 3.05) is 12.3 Å². The lowest BCUT2D eigenvalue weighted by atomic mass is 9.70. The van der Waals surface area contributed by atoms with Gasteiger partial charge < -0.3 is 11.1 Å². The van der Waals surface area contributed by atoms with E-state index in [1.165, 1.54) is 5.41 Å². The van der Waals surface area contributed by atoms with Gasteiger partial charge in [-0.1, -0.05) is 6.92 Å². The molecule has 1 aliphatic heterocycles. The average Bonchev–Trinajstić information content (AvgIpc) is 2.70. The summed E-state index contributed by atoms with van der Waals surface area (Å²) in [7, 11) is -3.13. The van der Waals surface area contributed by atoms with Gasteiger partial charge in [0.25, 0.3) is 0 Å². The van der Waals surface area contributed by atoms with E-state index in [1.54, 1.807) is 6.08 Å². The van der Waals surface area contributed by atoms with Gasteiger partial charge in [-0.25, -0.2) is 8.42 Å². The number of sulfone groups is 1. The van der Waals surface area contributed by atoms with E-state index in [1.807, 2.05) is 0 Å². The van der Waals surface area contributed by atoms with Crippen molar-refractivity contribution in [1.82, 2.24) is 5.32 Å². The molecule has 0 aromatic heterocycles. The number of carbonyl (C=O) groups is 1. The van der Waals surface area contributed by atoms with Crippen LogP contribution in [0.15, 0.2) is 11.5 Å². The molecule has 1 fully saturated rings. The van der Waals surface area contributed by atoms with Crippen LogP contribution in [-0.4, -0.2) is 32.7 Å². The van der Waals surface area contributed by atoms with Crippen LogP contribution < -0.4 is 11.1 Å². The third-order valence-electron chi connectivity index (χ3n) is 4.35. The number of nitrogens with one attached hydrogen (secondary N) is 1. The summed E-state index contributed by atoms with van der Waals surface area (Å²) in [6, 6.07) is -0.403. The molecule has 1 aliphatic carbocycles. The third-order valence-corrected chi connectivity index (χ3v) is 5.75. The molecular formula is C13H22N2O3S. The first-order valence-corrected chi connectivity index (χ1v) is 8.50. The lowest BCUT2D eigenvalue weighted by molar-refractivity contribution is -0.133. The molecule has 1 heterocycles. The molecule has 5 nitrogen and oxygen atoms in total. The largest absolute Gasteiger partial charge is 0.348 e. The Morgan fingerprint density at radius 3 is 2.53 bits per heavy atom. The number of carbonyl (C=O) groups excluding carboxylic acids is 1. The van der Waals surface area contributed by atoms with Crippen LogP contribution >= 0.6 is 0 Å². The molecular weight excluding hydrogens is 264 g/mol. The fourth-order valence-electron chi connectivity index (χ4n) is 2.83. The molecule has 0 aromatic carbocycles. The summed E-state index contributed by atoms with van der Waals surface area (Å²) >= 11 is 0. The molecule has 0 spiro atoms. The predicted octanol–water partition coefficient (Wildman–Crippen LogP) is 0.569. The van der Waals surface area contributed by atoms with E-state index in [0.29, 0.717) is 12.5 Å². The van der Waals surface area contributed by atoms with Crippen LogP contribution in [0.2, 0.25) is 0 Å². The molecule has 2 aliphatic rings. The number of hydrogen-bond donors (Lipinski definition) is 2. The summed E-state index contributed by atoms with van der Waals surface area (Å²) in [5, 5.41) is 4.00. The van der Waals surface area contributed by atoms with Crippen molar-refractivity contribution in [2.45, 2.75) is 38.6 Å². The molecule has 108 valence electrons. The highest BCUT2D eigenvalue weighted by molar-refractivity contribution is 7.94. The third kappa shape index (κ3) is 3.17. The Morgan fingerprint density at radius 1 is 1.42 bits per heavy atom. The molecule has 2 rings (SSSR count). The molecule has 0 radical (unpaired) electrons. The summed E-state index contributed by atoms with van der Waals surface area (Å²) in [6.07, 6.45) is 5.13. The Balaban J connectivity index is 2.00. The summed E-state index contributed by atoms with van der Waals surface area (Å²) < 4.78 is 22.7. The van der Waals surface area contributed by atoms with E-state index in [-0.39, 0.29) is 11.7 Å². The highest BCUT2D eigenvalue weighted by atomic mass is 32.2. The molecule has 3 N–H and O–H groups in total. The van der Waals surface area contributed by atoms with Gasteiger partial charge in [0, 0.05) is 12.0 Å².